The Kier molecular flexibility index (Phi) is 9.50. The molecule has 1 aliphatic heterocycles. The number of guanidine groups is 1. The maximum Gasteiger partial charge on any atom is 0.228 e. The van der Waals surface area contributed by atoms with Crippen LogP contribution in [0.25, 0.3) is 0 Å². The van der Waals surface area contributed by atoms with Gasteiger partial charge in [0.05, 0.1) is 0 Å². The Hall–Kier alpha value is -1.59. The number of aromatic nitrogens is 2. The third kappa shape index (κ3) is 7.34. The largest absolute Gasteiger partial charge is 0.370 e. The van der Waals surface area contributed by atoms with Crippen LogP contribution in [0.15, 0.2) is 4.52 Å². The van der Waals surface area contributed by atoms with E-state index in [1.54, 1.807) is 0 Å². The fourth-order valence-corrected chi connectivity index (χ4v) is 3.81. The van der Waals surface area contributed by atoms with E-state index in [1.165, 1.54) is 57.8 Å². The van der Waals surface area contributed by atoms with Crippen molar-refractivity contribution in [3.05, 3.63) is 11.7 Å². The Labute approximate surface area is 158 Å². The molecule has 26 heavy (non-hydrogen) atoms. The standard InChI is InChI=1S/C20H37N5O/c1-2-3-4-5-6-7-8-9-10-11-14-18-23-19(26-24-18)16-17-13-12-15-25(17)20(21)22/h17H,2-16H2,1H3,(H3,21,22). The molecular weight excluding hydrogens is 326 g/mol. The number of aryl methyl sites for hydroxylation is 1. The van der Waals surface area contributed by atoms with Crippen LogP contribution < -0.4 is 5.73 Å². The fraction of sp³-hybridized carbons (Fsp3) is 0.850. The van der Waals surface area contributed by atoms with Crippen LogP contribution in [0, 0.1) is 5.41 Å². The molecule has 1 aliphatic rings. The molecule has 1 aromatic rings. The summed E-state index contributed by atoms with van der Waals surface area (Å²) >= 11 is 0. The highest BCUT2D eigenvalue weighted by molar-refractivity contribution is 5.75. The molecule has 1 aromatic heterocycles. The molecule has 0 spiro atoms. The molecule has 1 unspecified atom stereocenters. The van der Waals surface area contributed by atoms with Crippen molar-refractivity contribution in [2.75, 3.05) is 6.54 Å². The van der Waals surface area contributed by atoms with E-state index in [0.717, 1.165) is 38.1 Å². The summed E-state index contributed by atoms with van der Waals surface area (Å²) in [5.41, 5.74) is 5.64. The van der Waals surface area contributed by atoms with Gasteiger partial charge in [-0.3, -0.25) is 5.41 Å². The number of rotatable bonds is 13. The zero-order valence-corrected chi connectivity index (χ0v) is 16.5. The number of nitrogens with two attached hydrogens (primary N) is 1. The number of unbranched alkanes of at least 4 members (excludes halogenated alkanes) is 9. The van der Waals surface area contributed by atoms with E-state index in [9.17, 15) is 0 Å². The highest BCUT2D eigenvalue weighted by Crippen LogP contribution is 2.20. The molecule has 0 bridgehead atoms. The molecule has 0 aromatic carbocycles. The van der Waals surface area contributed by atoms with Crippen LogP contribution in [0.3, 0.4) is 0 Å². The monoisotopic (exact) mass is 363 g/mol. The Bertz CT molecular complexity index is 516. The minimum absolute atomic E-state index is 0.151. The second kappa shape index (κ2) is 11.9. The van der Waals surface area contributed by atoms with E-state index in [4.69, 9.17) is 15.7 Å². The average molecular weight is 364 g/mol. The molecule has 6 heteroatoms. The van der Waals surface area contributed by atoms with Crippen LogP contribution in [-0.2, 0) is 12.8 Å². The lowest BCUT2D eigenvalue weighted by Gasteiger charge is -2.23. The first kappa shape index (κ1) is 20.7. The average Bonchev–Trinajstić information content (AvgIpc) is 3.26. The van der Waals surface area contributed by atoms with E-state index >= 15 is 0 Å². The number of hydrogen-bond acceptors (Lipinski definition) is 4. The fourth-order valence-electron chi connectivity index (χ4n) is 3.81. The summed E-state index contributed by atoms with van der Waals surface area (Å²) in [7, 11) is 0. The Balaban J connectivity index is 1.54. The molecule has 0 aliphatic carbocycles. The molecule has 0 saturated carbocycles. The molecule has 1 atom stereocenters. The van der Waals surface area contributed by atoms with Crippen molar-refractivity contribution in [3.63, 3.8) is 0 Å². The molecule has 1 saturated heterocycles. The van der Waals surface area contributed by atoms with Gasteiger partial charge in [0.1, 0.15) is 0 Å². The Morgan fingerprint density at radius 2 is 1.77 bits per heavy atom. The summed E-state index contributed by atoms with van der Waals surface area (Å²) in [4.78, 5) is 6.46. The second-order valence-electron chi connectivity index (χ2n) is 7.62. The summed E-state index contributed by atoms with van der Waals surface area (Å²) in [6, 6.07) is 0.234. The van der Waals surface area contributed by atoms with E-state index in [2.05, 4.69) is 17.1 Å². The Morgan fingerprint density at radius 3 is 2.42 bits per heavy atom. The summed E-state index contributed by atoms with van der Waals surface area (Å²) in [5, 5.41) is 11.7. The lowest BCUT2D eigenvalue weighted by atomic mass is 10.1. The van der Waals surface area contributed by atoms with Crippen molar-refractivity contribution < 1.29 is 4.52 Å². The van der Waals surface area contributed by atoms with Crippen molar-refractivity contribution in [2.24, 2.45) is 5.73 Å². The first-order valence-electron chi connectivity index (χ1n) is 10.6. The zero-order chi connectivity index (χ0) is 18.6. The quantitative estimate of drug-likeness (QED) is 0.307. The van der Waals surface area contributed by atoms with Crippen molar-refractivity contribution in [2.45, 2.75) is 103 Å². The van der Waals surface area contributed by atoms with Crippen LogP contribution in [-0.4, -0.2) is 33.6 Å². The van der Waals surface area contributed by atoms with Gasteiger partial charge in [-0.1, -0.05) is 69.9 Å². The molecule has 2 rings (SSSR count). The maximum atomic E-state index is 7.63. The molecule has 0 radical (unpaired) electrons. The third-order valence-corrected chi connectivity index (χ3v) is 5.36. The number of hydrogen-bond donors (Lipinski definition) is 2. The van der Waals surface area contributed by atoms with Gasteiger partial charge in [0.25, 0.3) is 0 Å². The first-order valence-corrected chi connectivity index (χ1v) is 10.6. The van der Waals surface area contributed by atoms with E-state index < -0.39 is 0 Å². The second-order valence-corrected chi connectivity index (χ2v) is 7.62. The van der Waals surface area contributed by atoms with Gasteiger partial charge in [-0.2, -0.15) is 4.98 Å². The van der Waals surface area contributed by atoms with E-state index in [1.807, 2.05) is 4.90 Å². The van der Waals surface area contributed by atoms with Crippen LogP contribution in [0.4, 0.5) is 0 Å². The van der Waals surface area contributed by atoms with Crippen molar-refractivity contribution in [1.82, 2.24) is 15.0 Å². The predicted molar refractivity (Wildman–Crippen MR) is 105 cm³/mol. The number of nitrogens with one attached hydrogen (secondary N) is 1. The summed E-state index contributed by atoms with van der Waals surface area (Å²) in [5.74, 6) is 1.66. The maximum absolute atomic E-state index is 7.63. The lowest BCUT2D eigenvalue weighted by Crippen LogP contribution is -2.41. The van der Waals surface area contributed by atoms with Gasteiger partial charge in [0.15, 0.2) is 11.8 Å². The molecular formula is C20H37N5O. The van der Waals surface area contributed by atoms with Crippen LogP contribution in [0.1, 0.15) is 95.7 Å². The molecule has 3 N–H and O–H groups in total. The van der Waals surface area contributed by atoms with Crippen molar-refractivity contribution in [1.29, 1.82) is 5.41 Å². The van der Waals surface area contributed by atoms with Crippen LogP contribution in [0.5, 0.6) is 0 Å². The smallest absolute Gasteiger partial charge is 0.228 e. The topological polar surface area (TPSA) is 92.0 Å². The van der Waals surface area contributed by atoms with Gasteiger partial charge in [0.2, 0.25) is 5.89 Å². The zero-order valence-electron chi connectivity index (χ0n) is 16.5. The summed E-state index contributed by atoms with van der Waals surface area (Å²) in [6.07, 6.45) is 17.1. The predicted octanol–water partition coefficient (Wildman–Crippen LogP) is 4.43. The Morgan fingerprint density at radius 1 is 1.12 bits per heavy atom. The van der Waals surface area contributed by atoms with Gasteiger partial charge >= 0.3 is 0 Å². The van der Waals surface area contributed by atoms with Gasteiger partial charge < -0.3 is 15.2 Å². The minimum atomic E-state index is 0.151. The van der Waals surface area contributed by atoms with Crippen LogP contribution >= 0.6 is 0 Å². The summed E-state index contributed by atoms with van der Waals surface area (Å²) in [6.45, 7) is 3.13. The van der Waals surface area contributed by atoms with Gasteiger partial charge in [-0.25, -0.2) is 0 Å². The first-order chi connectivity index (χ1) is 12.7. The van der Waals surface area contributed by atoms with Crippen molar-refractivity contribution >= 4 is 5.96 Å². The SMILES string of the molecule is CCCCCCCCCCCCc1noc(CC2CCCN2C(=N)N)n1. The van der Waals surface area contributed by atoms with Gasteiger partial charge in [-0.15, -0.1) is 0 Å². The van der Waals surface area contributed by atoms with E-state index in [0.29, 0.717) is 12.3 Å². The summed E-state index contributed by atoms with van der Waals surface area (Å²) < 4.78 is 5.40. The molecule has 148 valence electrons. The molecule has 0 amide bonds. The highest BCUT2D eigenvalue weighted by atomic mass is 16.5. The molecule has 1 fully saturated rings. The highest BCUT2D eigenvalue weighted by Gasteiger charge is 2.27. The van der Waals surface area contributed by atoms with E-state index in [-0.39, 0.29) is 12.0 Å². The van der Waals surface area contributed by atoms with Gasteiger partial charge in [-0.05, 0) is 19.3 Å². The third-order valence-electron chi connectivity index (χ3n) is 5.36. The lowest BCUT2D eigenvalue weighted by molar-refractivity contribution is 0.318. The minimum Gasteiger partial charge on any atom is -0.370 e. The van der Waals surface area contributed by atoms with Crippen molar-refractivity contribution in [3.8, 4) is 0 Å². The molecule has 6 nitrogen and oxygen atoms in total. The van der Waals surface area contributed by atoms with Gasteiger partial charge in [0, 0.05) is 25.4 Å². The van der Waals surface area contributed by atoms with Crippen LogP contribution in [0.2, 0.25) is 0 Å². The normalized spacial score (nSPS) is 17.1. The molecule has 2 heterocycles. The number of likely N-dealkylation sites (tertiary alicyclic amines) is 1. The number of nitrogens with zero attached hydrogens (tertiary/aromatic N) is 3.